The lowest BCUT2D eigenvalue weighted by atomic mass is 9.97. The Kier molecular flexibility index (Phi) is 5.20. The van der Waals surface area contributed by atoms with Gasteiger partial charge >= 0.3 is 0 Å². The Hall–Kier alpha value is -3.54. The van der Waals surface area contributed by atoms with Gasteiger partial charge in [0, 0.05) is 19.0 Å². The molecule has 1 N–H and O–H groups in total. The van der Waals surface area contributed by atoms with Crippen molar-refractivity contribution in [3.8, 4) is 5.75 Å². The van der Waals surface area contributed by atoms with E-state index in [1.165, 1.54) is 0 Å². The molecule has 6 nitrogen and oxygen atoms in total. The van der Waals surface area contributed by atoms with Crippen LogP contribution in [0.1, 0.15) is 46.5 Å². The number of fused-ring (bicyclic) bond motifs is 1. The van der Waals surface area contributed by atoms with E-state index < -0.39 is 0 Å². The zero-order valence-corrected chi connectivity index (χ0v) is 17.5. The normalized spacial score (nSPS) is 16.5. The van der Waals surface area contributed by atoms with Gasteiger partial charge in [0.05, 0.1) is 11.0 Å². The Morgan fingerprint density at radius 2 is 2.10 bits per heavy atom. The van der Waals surface area contributed by atoms with Crippen molar-refractivity contribution in [2.45, 2.75) is 32.3 Å². The van der Waals surface area contributed by atoms with E-state index in [9.17, 15) is 4.79 Å². The number of benzene rings is 2. The van der Waals surface area contributed by atoms with Crippen LogP contribution in [-0.2, 0) is 6.61 Å². The molecule has 1 unspecified atom stereocenters. The summed E-state index contributed by atoms with van der Waals surface area (Å²) >= 11 is 0. The van der Waals surface area contributed by atoms with Crippen molar-refractivity contribution in [2.75, 3.05) is 13.1 Å². The first-order valence-electron chi connectivity index (χ1n) is 10.7. The number of likely N-dealkylation sites (tertiary alicyclic amines) is 1. The van der Waals surface area contributed by atoms with Crippen molar-refractivity contribution in [3.05, 3.63) is 83.6 Å². The molecular formula is C25H25N3O3. The van der Waals surface area contributed by atoms with Gasteiger partial charge in [-0.05, 0) is 61.7 Å². The number of hydrogen-bond donors (Lipinski definition) is 1. The molecule has 0 spiro atoms. The fourth-order valence-electron chi connectivity index (χ4n) is 4.14. The number of hydrogen-bond acceptors (Lipinski definition) is 4. The number of aryl methyl sites for hydroxylation is 1. The molecule has 0 aliphatic carbocycles. The van der Waals surface area contributed by atoms with E-state index in [-0.39, 0.29) is 11.8 Å². The van der Waals surface area contributed by atoms with Gasteiger partial charge in [-0.25, -0.2) is 4.98 Å². The van der Waals surface area contributed by atoms with Gasteiger partial charge in [-0.1, -0.05) is 24.3 Å². The van der Waals surface area contributed by atoms with Gasteiger partial charge in [-0.15, -0.1) is 0 Å². The molecule has 2 aromatic heterocycles. The lowest BCUT2D eigenvalue weighted by molar-refractivity contribution is 0.0668. The number of aromatic nitrogens is 2. The van der Waals surface area contributed by atoms with Gasteiger partial charge in [-0.3, -0.25) is 4.79 Å². The molecule has 1 amide bonds. The van der Waals surface area contributed by atoms with Crippen molar-refractivity contribution < 1.29 is 13.9 Å². The van der Waals surface area contributed by atoms with Crippen LogP contribution in [-0.4, -0.2) is 33.9 Å². The monoisotopic (exact) mass is 415 g/mol. The lowest BCUT2D eigenvalue weighted by Gasteiger charge is -2.31. The van der Waals surface area contributed by atoms with Crippen molar-refractivity contribution in [1.29, 1.82) is 0 Å². The number of amides is 1. The summed E-state index contributed by atoms with van der Waals surface area (Å²) in [4.78, 5) is 23.1. The summed E-state index contributed by atoms with van der Waals surface area (Å²) < 4.78 is 11.6. The van der Waals surface area contributed by atoms with E-state index in [1.54, 1.807) is 6.07 Å². The fraction of sp³-hybridized carbons (Fsp3) is 0.280. The van der Waals surface area contributed by atoms with Crippen LogP contribution in [0.2, 0.25) is 0 Å². The summed E-state index contributed by atoms with van der Waals surface area (Å²) in [7, 11) is 0. The zero-order chi connectivity index (χ0) is 21.2. The molecule has 5 rings (SSSR count). The van der Waals surface area contributed by atoms with E-state index in [2.05, 4.69) is 4.98 Å². The number of ether oxygens (including phenoxy) is 1. The Labute approximate surface area is 180 Å². The minimum Gasteiger partial charge on any atom is -0.486 e. The van der Waals surface area contributed by atoms with Crippen LogP contribution in [0, 0.1) is 6.92 Å². The van der Waals surface area contributed by atoms with Crippen LogP contribution in [0.5, 0.6) is 5.75 Å². The molecule has 0 radical (unpaired) electrons. The Bertz CT molecular complexity index is 1180. The van der Waals surface area contributed by atoms with E-state index in [0.717, 1.165) is 47.6 Å². The molecule has 1 aliphatic heterocycles. The summed E-state index contributed by atoms with van der Waals surface area (Å²) in [5, 5.41) is 0. The second-order valence-electron chi connectivity index (χ2n) is 8.10. The van der Waals surface area contributed by atoms with Gasteiger partial charge in [0.15, 0.2) is 5.76 Å². The van der Waals surface area contributed by atoms with E-state index >= 15 is 0 Å². The molecule has 0 bridgehead atoms. The first kappa shape index (κ1) is 19.4. The van der Waals surface area contributed by atoms with Crippen LogP contribution in [0.15, 0.2) is 65.1 Å². The number of furan rings is 1. The van der Waals surface area contributed by atoms with Crippen molar-refractivity contribution in [3.63, 3.8) is 0 Å². The van der Waals surface area contributed by atoms with Crippen LogP contribution < -0.4 is 4.74 Å². The van der Waals surface area contributed by atoms with Gasteiger partial charge in [-0.2, -0.15) is 0 Å². The zero-order valence-electron chi connectivity index (χ0n) is 17.5. The molecule has 1 aliphatic rings. The largest absolute Gasteiger partial charge is 0.486 e. The third-order valence-corrected chi connectivity index (χ3v) is 5.75. The topological polar surface area (TPSA) is 71.4 Å². The number of nitrogens with zero attached hydrogens (tertiary/aromatic N) is 2. The van der Waals surface area contributed by atoms with Crippen molar-refractivity contribution >= 4 is 16.9 Å². The molecule has 3 heterocycles. The highest BCUT2D eigenvalue weighted by molar-refractivity contribution is 5.91. The van der Waals surface area contributed by atoms with Crippen molar-refractivity contribution in [1.82, 2.24) is 14.9 Å². The third kappa shape index (κ3) is 4.19. The van der Waals surface area contributed by atoms with Gasteiger partial charge < -0.3 is 19.0 Å². The summed E-state index contributed by atoms with van der Waals surface area (Å²) in [6.45, 7) is 3.67. The molecule has 6 heteroatoms. The highest BCUT2D eigenvalue weighted by atomic mass is 16.5. The molecule has 158 valence electrons. The van der Waals surface area contributed by atoms with E-state index in [1.807, 2.05) is 66.4 Å². The quantitative estimate of drug-likeness (QED) is 0.494. The Morgan fingerprint density at radius 3 is 2.97 bits per heavy atom. The second-order valence-corrected chi connectivity index (χ2v) is 8.10. The number of piperidine rings is 1. The maximum absolute atomic E-state index is 13.0. The predicted molar refractivity (Wildman–Crippen MR) is 118 cm³/mol. The number of carbonyl (C=O) groups excluding carboxylic acids is 1. The summed E-state index contributed by atoms with van der Waals surface area (Å²) in [6.07, 6.45) is 1.95. The van der Waals surface area contributed by atoms with Crippen molar-refractivity contribution in [2.24, 2.45) is 0 Å². The summed E-state index contributed by atoms with van der Waals surface area (Å²) in [6, 6.07) is 19.4. The number of H-pyrrole nitrogens is 1. The first-order valence-corrected chi connectivity index (χ1v) is 10.7. The van der Waals surface area contributed by atoms with Crippen LogP contribution >= 0.6 is 0 Å². The highest BCUT2D eigenvalue weighted by Crippen LogP contribution is 2.28. The summed E-state index contributed by atoms with van der Waals surface area (Å²) in [5.41, 5.74) is 3.13. The fourth-order valence-corrected chi connectivity index (χ4v) is 4.14. The lowest BCUT2D eigenvalue weighted by Crippen LogP contribution is -2.39. The van der Waals surface area contributed by atoms with E-state index in [4.69, 9.17) is 14.1 Å². The SMILES string of the molecule is Cc1cccc(OCc2ccc(C(=O)N3CCCC(c4nc5ccccc5[nH]4)C3)o2)c1. The third-order valence-electron chi connectivity index (χ3n) is 5.75. The van der Waals surface area contributed by atoms with Crippen LogP contribution in [0.3, 0.4) is 0 Å². The van der Waals surface area contributed by atoms with E-state index in [0.29, 0.717) is 24.7 Å². The summed E-state index contributed by atoms with van der Waals surface area (Å²) in [5.74, 6) is 2.84. The number of imidazole rings is 1. The average molecular weight is 415 g/mol. The number of carbonyl (C=O) groups is 1. The Morgan fingerprint density at radius 1 is 1.19 bits per heavy atom. The number of rotatable bonds is 5. The molecule has 4 aromatic rings. The minimum absolute atomic E-state index is 0.0809. The second kappa shape index (κ2) is 8.30. The molecular weight excluding hydrogens is 390 g/mol. The first-order chi connectivity index (χ1) is 15.2. The molecule has 1 fully saturated rings. The predicted octanol–water partition coefficient (Wildman–Crippen LogP) is 5.06. The maximum atomic E-state index is 13.0. The minimum atomic E-state index is -0.0809. The molecule has 2 aromatic carbocycles. The molecule has 0 saturated carbocycles. The molecule has 1 atom stereocenters. The van der Waals surface area contributed by atoms with Crippen LogP contribution in [0.4, 0.5) is 0 Å². The highest BCUT2D eigenvalue weighted by Gasteiger charge is 2.28. The number of aromatic amines is 1. The Balaban J connectivity index is 1.24. The molecule has 1 saturated heterocycles. The standard InChI is InChI=1S/C25H25N3O3/c1-17-6-4-8-19(14-17)30-16-20-11-12-23(31-20)25(29)28-13-5-7-18(15-28)24-26-21-9-2-3-10-22(21)27-24/h2-4,6,8-12,14,18H,5,7,13,15-16H2,1H3,(H,26,27). The number of nitrogens with one attached hydrogen (secondary N) is 1. The van der Waals surface area contributed by atoms with Gasteiger partial charge in [0.25, 0.3) is 5.91 Å². The maximum Gasteiger partial charge on any atom is 0.289 e. The number of para-hydroxylation sites is 2. The molecule has 31 heavy (non-hydrogen) atoms. The van der Waals surface area contributed by atoms with Gasteiger partial charge in [0.1, 0.15) is 23.9 Å². The van der Waals surface area contributed by atoms with Gasteiger partial charge in [0.2, 0.25) is 0 Å². The van der Waals surface area contributed by atoms with Crippen LogP contribution in [0.25, 0.3) is 11.0 Å². The average Bonchev–Trinajstić information content (AvgIpc) is 3.44. The smallest absolute Gasteiger partial charge is 0.289 e.